The number of aliphatic hydroxyl groups is 1. The van der Waals surface area contributed by atoms with Gasteiger partial charge in [-0.25, -0.2) is 4.79 Å². The number of benzene rings is 2. The minimum absolute atomic E-state index is 0.0134. The number of methoxy groups -OCH3 is 1. The number of carbonyl (C=O) groups is 16. The number of esters is 1. The molecule has 2 aromatic carbocycles. The Morgan fingerprint density at radius 2 is 1.13 bits per heavy atom. The third kappa shape index (κ3) is 28.4. The molecule has 34 nitrogen and oxygen atoms in total. The molecule has 3 fully saturated rings. The van der Waals surface area contributed by atoms with E-state index in [0.29, 0.717) is 24.0 Å². The molecule has 0 saturated carbocycles. The van der Waals surface area contributed by atoms with E-state index in [-0.39, 0.29) is 69.1 Å². The molecule has 0 aromatic heterocycles. The van der Waals surface area contributed by atoms with Crippen LogP contribution in [0, 0.1) is 23.7 Å². The minimum atomic E-state index is -2.05. The van der Waals surface area contributed by atoms with Gasteiger partial charge in [-0.15, -0.1) is 0 Å². The normalized spacial score (nSPS) is 27.4. The SMILES string of the molecule is C=C1NC(=O)[C@H]([C@@H](C)CC)NC(=O)[C@@H]2CSSC[C@H](NC(=O)CCC(=O)O)C(=O)N[C@H](Cc3ccccc3)C(=O)N[C@H](C)C(=O)N[C@@H](C[C@@H](C)CC)C(=O)N[C@@H](C(=O)N[C@H](Cc3ccccc3)C(=O)N3CCC[C@@H]3C(=O)N2)[C@@H](C)OC(=O)[C@H](CO)NC(=O)[C@H]([C@@H](C)OC)N(C)C(=O)[C@@H](C(C)C)NC(=O)[C@H](C[C@H](C)CC)NC1=O. The molecule has 14 N–H and O–H groups in total. The lowest BCUT2D eigenvalue weighted by Crippen LogP contribution is -2.63. The van der Waals surface area contributed by atoms with Gasteiger partial charge in [0.25, 0.3) is 5.91 Å². The van der Waals surface area contributed by atoms with Gasteiger partial charge in [0.1, 0.15) is 78.6 Å². The van der Waals surface area contributed by atoms with Crippen LogP contribution in [0.5, 0.6) is 0 Å². The standard InChI is InChI=1S/C77H114N14O20S2/c1-15-41(6)33-50-67(99)87-60(40(4)5)76(108)90(13)63(47(12)110-14)74(106)85-54(37-92)77(109)111-46(11)62-73(105)84-53(36-49-27-22-19-23-28-49)75(107)91-32-24-29-57(91)71(103)86-56(70(102)88-61(43(8)17-3)72(104)79-45(10)65(97)81-50)39-113-112-38-55(80-58(93)30-31-59(94)95)69(101)83-52(35-48-25-20-18-21-26-48)66(98)78-44(9)64(96)82-51(68(100)89-62)34-42(7)16-2/h18-23,25-28,40-44,46-47,50-57,60-63,92H,10,15-17,24,29-39H2,1-9,11-14H3,(H,78,98)(H,79,104)(H,80,93)(H,81,97)(H,82,96)(H,83,101)(H,84,105)(H,85,106)(H,86,103)(H,87,99)(H,88,102)(H,89,100)(H,94,95)/t41-,42+,43+,44-,46-,47-,50+,51+,52-,53-,54+,55+,56+,57-,60-,61+,62-,63+/m1/s1. The van der Waals surface area contributed by atoms with E-state index in [2.05, 4.69) is 70.4 Å². The average Bonchev–Trinajstić information content (AvgIpc) is 1.75. The highest BCUT2D eigenvalue weighted by Gasteiger charge is 2.45. The topological polar surface area (TPSA) is 483 Å². The maximum atomic E-state index is 15.6. The van der Waals surface area contributed by atoms with Crippen molar-refractivity contribution >= 4 is 116 Å². The summed E-state index contributed by atoms with van der Waals surface area (Å²) in [6, 6.07) is -4.17. The number of carboxylic acids is 1. The Hall–Kier alpha value is -9.68. The highest BCUT2D eigenvalue weighted by Crippen LogP contribution is 2.27. The number of rotatable bonds is 20. The molecule has 0 aliphatic carbocycles. The van der Waals surface area contributed by atoms with E-state index in [1.54, 1.807) is 109 Å². The van der Waals surface area contributed by atoms with E-state index in [1.165, 1.54) is 39.8 Å². The number of nitrogens with one attached hydrogen (secondary N) is 12. The maximum absolute atomic E-state index is 15.6. The summed E-state index contributed by atoms with van der Waals surface area (Å²) >= 11 is 0. The summed E-state index contributed by atoms with van der Waals surface area (Å²) in [6.07, 6.45) is -3.54. The first-order valence-electron chi connectivity index (χ1n) is 38.3. The maximum Gasteiger partial charge on any atom is 0.331 e. The number of amides is 14. The van der Waals surface area contributed by atoms with Crippen molar-refractivity contribution < 1.29 is 96.4 Å². The van der Waals surface area contributed by atoms with Crippen molar-refractivity contribution in [1.82, 2.24) is 73.6 Å². The van der Waals surface area contributed by atoms with Crippen LogP contribution in [0.3, 0.4) is 0 Å². The molecule has 3 saturated heterocycles. The van der Waals surface area contributed by atoms with E-state index in [9.17, 15) is 63.0 Å². The van der Waals surface area contributed by atoms with Crippen LogP contribution in [0.15, 0.2) is 72.9 Å². The Kier molecular flexibility index (Phi) is 38.1. The number of nitrogens with zero attached hydrogens (tertiary/aromatic N) is 2. The lowest BCUT2D eigenvalue weighted by Gasteiger charge is -2.36. The summed E-state index contributed by atoms with van der Waals surface area (Å²) in [5.74, 6) is -19.1. The van der Waals surface area contributed by atoms with Crippen molar-refractivity contribution in [3.63, 3.8) is 0 Å². The number of likely N-dealkylation sites (N-methyl/N-ethyl adjacent to an activating group) is 1. The van der Waals surface area contributed by atoms with Crippen LogP contribution in [0.2, 0.25) is 0 Å². The molecule has 0 unspecified atom stereocenters. The number of aliphatic carboxylic acids is 1. The van der Waals surface area contributed by atoms with Crippen molar-refractivity contribution in [2.24, 2.45) is 23.7 Å². The lowest BCUT2D eigenvalue weighted by molar-refractivity contribution is -0.158. The number of aliphatic hydroxyl groups excluding tert-OH is 1. The monoisotopic (exact) mass is 1620 g/mol. The number of carbonyl (C=O) groups excluding carboxylic acids is 15. The second-order valence-electron chi connectivity index (χ2n) is 29.4. The zero-order valence-corrected chi connectivity index (χ0v) is 68.1. The summed E-state index contributed by atoms with van der Waals surface area (Å²) < 4.78 is 11.5. The van der Waals surface area contributed by atoms with E-state index >= 15 is 24.0 Å². The molecule has 3 aliphatic heterocycles. The smallest absolute Gasteiger partial charge is 0.331 e. The van der Waals surface area contributed by atoms with Gasteiger partial charge in [0.15, 0.2) is 6.04 Å². The van der Waals surface area contributed by atoms with Gasteiger partial charge in [-0.2, -0.15) is 0 Å². The van der Waals surface area contributed by atoms with Crippen LogP contribution in [-0.4, -0.2) is 244 Å². The zero-order valence-electron chi connectivity index (χ0n) is 66.5. The Bertz CT molecular complexity index is 3690. The summed E-state index contributed by atoms with van der Waals surface area (Å²) in [7, 11) is 4.24. The van der Waals surface area contributed by atoms with Gasteiger partial charge < -0.3 is 93.3 Å². The Labute approximate surface area is 667 Å². The van der Waals surface area contributed by atoms with Gasteiger partial charge >= 0.3 is 11.9 Å². The highest BCUT2D eigenvalue weighted by atomic mass is 33.1. The van der Waals surface area contributed by atoms with Crippen molar-refractivity contribution in [3.8, 4) is 0 Å². The first-order chi connectivity index (χ1) is 53.5. The zero-order chi connectivity index (χ0) is 84.1. The third-order valence-corrected chi connectivity index (χ3v) is 22.7. The van der Waals surface area contributed by atoms with E-state index in [4.69, 9.17) is 9.47 Å². The van der Waals surface area contributed by atoms with E-state index in [0.717, 1.165) is 26.5 Å². The van der Waals surface area contributed by atoms with E-state index < -0.39 is 228 Å². The van der Waals surface area contributed by atoms with Gasteiger partial charge in [-0.05, 0) is 81.3 Å². The minimum Gasteiger partial charge on any atom is -0.481 e. The molecule has 18 atom stereocenters. The molecule has 624 valence electrons. The molecule has 0 radical (unpaired) electrons. The molecule has 113 heavy (non-hydrogen) atoms. The van der Waals surface area contributed by atoms with Gasteiger partial charge in [0, 0.05) is 51.5 Å². The average molecular weight is 1620 g/mol. The number of hydrogen-bond acceptors (Lipinski definition) is 21. The molecule has 2 aromatic rings. The number of cyclic esters (lactones) is 1. The van der Waals surface area contributed by atoms with Crippen LogP contribution >= 0.6 is 21.6 Å². The molecule has 14 amide bonds. The summed E-state index contributed by atoms with van der Waals surface area (Å²) in [4.78, 5) is 236. The molecule has 2 bridgehead atoms. The van der Waals surface area contributed by atoms with Crippen molar-refractivity contribution in [2.45, 2.75) is 238 Å². The second-order valence-corrected chi connectivity index (χ2v) is 32.0. The number of ether oxygens (including phenoxy) is 2. The predicted octanol–water partition coefficient (Wildman–Crippen LogP) is 0.0792. The molecule has 0 spiro atoms. The first-order valence-corrected chi connectivity index (χ1v) is 40.7. The lowest BCUT2D eigenvalue weighted by atomic mass is 9.96. The van der Waals surface area contributed by atoms with Gasteiger partial charge in [0.2, 0.25) is 76.8 Å². The number of hydrogen-bond donors (Lipinski definition) is 14. The summed E-state index contributed by atoms with van der Waals surface area (Å²) in [5, 5.41) is 51.9. The molecular weight excluding hydrogens is 1510 g/mol. The summed E-state index contributed by atoms with van der Waals surface area (Å²) in [6.45, 7) is 20.1. The largest absolute Gasteiger partial charge is 0.481 e. The Morgan fingerprint density at radius 1 is 0.593 bits per heavy atom. The van der Waals surface area contributed by atoms with Crippen LogP contribution in [-0.2, 0) is 99.0 Å². The number of carboxylic acid groups (broad SMARTS) is 1. The fourth-order valence-electron chi connectivity index (χ4n) is 12.6. The van der Waals surface area contributed by atoms with Crippen molar-refractivity contribution in [3.05, 3.63) is 84.1 Å². The number of fused-ring (bicyclic) bond motifs is 6. The van der Waals surface area contributed by atoms with E-state index in [1.807, 2.05) is 6.92 Å². The van der Waals surface area contributed by atoms with Crippen LogP contribution in [0.25, 0.3) is 0 Å². The first kappa shape index (κ1) is 93.9. The molecule has 3 aliphatic rings. The fraction of sp³-hybridized carbons (Fsp3) is 0.610. The van der Waals surface area contributed by atoms with Gasteiger partial charge in [0.05, 0.1) is 24.8 Å². The van der Waals surface area contributed by atoms with Crippen LogP contribution in [0.1, 0.15) is 145 Å². The fourth-order valence-corrected chi connectivity index (χ4v) is 15.0. The molecule has 5 rings (SSSR count). The third-order valence-electron chi connectivity index (χ3n) is 20.3. The van der Waals surface area contributed by atoms with Gasteiger partial charge in [-0.1, -0.05) is 163 Å². The summed E-state index contributed by atoms with van der Waals surface area (Å²) in [5.41, 5.74) is 0.407. The molecule has 3 heterocycles. The molecule has 36 heteroatoms. The Morgan fingerprint density at radius 3 is 1.70 bits per heavy atom. The van der Waals surface area contributed by atoms with Gasteiger partial charge in [-0.3, -0.25) is 71.9 Å². The van der Waals surface area contributed by atoms with Crippen LogP contribution < -0.4 is 63.8 Å². The Balaban J connectivity index is 1.80. The van der Waals surface area contributed by atoms with Crippen LogP contribution in [0.4, 0.5) is 0 Å². The molecular formula is C77H114N14O20S2. The second kappa shape index (κ2) is 45.9. The predicted molar refractivity (Wildman–Crippen MR) is 419 cm³/mol. The quantitative estimate of drug-likeness (QED) is 0.0474. The highest BCUT2D eigenvalue weighted by molar-refractivity contribution is 8.76. The van der Waals surface area contributed by atoms with Crippen molar-refractivity contribution in [1.29, 1.82) is 0 Å². The van der Waals surface area contributed by atoms with Crippen molar-refractivity contribution in [2.75, 3.05) is 38.8 Å².